The van der Waals surface area contributed by atoms with Gasteiger partial charge in [-0.05, 0) is 5.56 Å². The van der Waals surface area contributed by atoms with Crippen molar-refractivity contribution in [2.24, 2.45) is 5.10 Å². The number of hydrogen-bond donors (Lipinski definition) is 1. The number of aliphatic carboxylic acids is 1. The molecule has 0 fully saturated rings. The molecular weight excluding hydrogens is 319 g/mol. The molecule has 2 rings (SSSR count). The Morgan fingerprint density at radius 2 is 1.58 bits per heavy atom. The Bertz CT molecular complexity index is 705. The van der Waals surface area contributed by atoms with Crippen molar-refractivity contribution in [2.45, 2.75) is 6.61 Å². The minimum absolute atomic E-state index is 0. The zero-order valence-corrected chi connectivity index (χ0v) is 12.5. The van der Waals surface area contributed by atoms with Crippen LogP contribution in [-0.4, -0.2) is 64.5 Å². The molecule has 0 unspecified atom stereocenters. The van der Waals surface area contributed by atoms with Crippen LogP contribution >= 0.6 is 0 Å². The van der Waals surface area contributed by atoms with E-state index in [4.69, 9.17) is 4.74 Å². The van der Waals surface area contributed by atoms with Gasteiger partial charge in [0.2, 0.25) is 0 Å². The van der Waals surface area contributed by atoms with Crippen LogP contribution < -0.4 is 0 Å². The van der Waals surface area contributed by atoms with Crippen molar-refractivity contribution >= 4 is 47.3 Å². The van der Waals surface area contributed by atoms with E-state index in [-0.39, 0.29) is 41.9 Å². The summed E-state index contributed by atoms with van der Waals surface area (Å²) < 4.78 is 5.09. The molecule has 0 spiro atoms. The third kappa shape index (κ3) is 5.81. The molecule has 0 aliphatic carbocycles. The van der Waals surface area contributed by atoms with E-state index in [2.05, 4.69) is 5.10 Å². The van der Waals surface area contributed by atoms with Crippen molar-refractivity contribution < 1.29 is 19.4 Å². The van der Waals surface area contributed by atoms with Gasteiger partial charge in [-0.15, -0.1) is 0 Å². The maximum absolute atomic E-state index is 11.9. The first-order valence-corrected chi connectivity index (χ1v) is 6.89. The van der Waals surface area contributed by atoms with Gasteiger partial charge in [0.05, 0.1) is 0 Å². The van der Waals surface area contributed by atoms with Crippen molar-refractivity contribution in [1.82, 2.24) is 5.01 Å². The standard InChI is InChI=1S/C17H16N2O4.Na.H/c1-19(17(22)23-12-13-8-4-2-5-9-13)18-15(16(20)21)14-10-6-3-7-11-14;;/h2-11H,12H2,1H3,(H,20,21);;/b18-15-;;. The molecule has 1 N–H and O–H groups in total. The molecule has 0 aromatic heterocycles. The predicted molar refractivity (Wildman–Crippen MR) is 92.2 cm³/mol. The molecule has 0 radical (unpaired) electrons. The number of carbonyl (C=O) groups is 2. The first-order valence-electron chi connectivity index (χ1n) is 6.89. The first-order chi connectivity index (χ1) is 11.1. The van der Waals surface area contributed by atoms with Crippen LogP contribution in [0.4, 0.5) is 4.79 Å². The van der Waals surface area contributed by atoms with E-state index >= 15 is 0 Å². The number of ether oxygens (including phenoxy) is 1. The van der Waals surface area contributed by atoms with Gasteiger partial charge in [-0.25, -0.2) is 14.6 Å². The maximum atomic E-state index is 11.9. The normalized spacial score (nSPS) is 10.5. The van der Waals surface area contributed by atoms with E-state index in [1.54, 1.807) is 30.3 Å². The Kier molecular flexibility index (Phi) is 8.18. The summed E-state index contributed by atoms with van der Waals surface area (Å²) in [5.41, 5.74) is 1.01. The minimum atomic E-state index is -1.22. The molecule has 0 saturated heterocycles. The van der Waals surface area contributed by atoms with Gasteiger partial charge >= 0.3 is 41.6 Å². The van der Waals surface area contributed by atoms with Crippen molar-refractivity contribution in [3.8, 4) is 0 Å². The molecule has 6 nitrogen and oxygen atoms in total. The van der Waals surface area contributed by atoms with E-state index < -0.39 is 12.1 Å². The van der Waals surface area contributed by atoms with Gasteiger partial charge in [-0.3, -0.25) is 0 Å². The molecular formula is C17H17N2NaO4. The number of nitrogens with zero attached hydrogens (tertiary/aromatic N) is 2. The van der Waals surface area contributed by atoms with Gasteiger partial charge in [0.1, 0.15) is 6.61 Å². The van der Waals surface area contributed by atoms with Gasteiger partial charge < -0.3 is 9.84 Å². The number of benzene rings is 2. The van der Waals surface area contributed by atoms with Crippen LogP contribution in [0.2, 0.25) is 0 Å². The molecule has 0 atom stereocenters. The van der Waals surface area contributed by atoms with Crippen LogP contribution in [-0.2, 0) is 16.1 Å². The molecule has 0 bridgehead atoms. The van der Waals surface area contributed by atoms with Crippen LogP contribution in [0.3, 0.4) is 0 Å². The average Bonchev–Trinajstić information content (AvgIpc) is 2.58. The molecule has 0 heterocycles. The summed E-state index contributed by atoms with van der Waals surface area (Å²) in [4.78, 5) is 23.2. The first kappa shape index (κ1) is 19.9. The quantitative estimate of drug-likeness (QED) is 0.515. The van der Waals surface area contributed by atoms with Crippen LogP contribution in [0.5, 0.6) is 0 Å². The van der Waals surface area contributed by atoms with Crippen molar-refractivity contribution in [2.75, 3.05) is 7.05 Å². The van der Waals surface area contributed by atoms with E-state index in [0.29, 0.717) is 5.56 Å². The summed E-state index contributed by atoms with van der Waals surface area (Å²) in [6, 6.07) is 17.6. The Morgan fingerprint density at radius 1 is 1.04 bits per heavy atom. The second-order valence-corrected chi connectivity index (χ2v) is 4.68. The van der Waals surface area contributed by atoms with Gasteiger partial charge in [0, 0.05) is 12.6 Å². The molecule has 7 heteroatoms. The monoisotopic (exact) mass is 336 g/mol. The number of hydrogen-bond acceptors (Lipinski definition) is 4. The number of carbonyl (C=O) groups excluding carboxylic acids is 1. The van der Waals surface area contributed by atoms with Crippen LogP contribution in [0, 0.1) is 0 Å². The van der Waals surface area contributed by atoms with Crippen LogP contribution in [0.15, 0.2) is 65.8 Å². The van der Waals surface area contributed by atoms with Gasteiger partial charge in [-0.1, -0.05) is 60.7 Å². The SMILES string of the molecule is CN(/N=C(\C(=O)O)c1ccccc1)C(=O)OCc1ccccc1.[NaH]. The number of carboxylic acids is 1. The van der Waals surface area contributed by atoms with Gasteiger partial charge in [-0.2, -0.15) is 5.10 Å². The number of carboxylic acid groups (broad SMARTS) is 1. The Hall–Kier alpha value is -2.15. The second-order valence-electron chi connectivity index (χ2n) is 4.68. The molecule has 120 valence electrons. The molecule has 24 heavy (non-hydrogen) atoms. The topological polar surface area (TPSA) is 79.2 Å². The number of amides is 1. The van der Waals surface area contributed by atoms with Gasteiger partial charge in [0.15, 0.2) is 5.71 Å². The van der Waals surface area contributed by atoms with Crippen molar-refractivity contribution in [3.05, 3.63) is 71.8 Å². The molecule has 0 aliphatic rings. The predicted octanol–water partition coefficient (Wildman–Crippen LogP) is 2.10. The Labute approximate surface area is 162 Å². The molecule has 2 aromatic carbocycles. The zero-order chi connectivity index (χ0) is 16.7. The molecule has 2 aromatic rings. The Balaban J connectivity index is 0.00000288. The molecule has 0 aliphatic heterocycles. The van der Waals surface area contributed by atoms with Gasteiger partial charge in [0.25, 0.3) is 0 Å². The summed E-state index contributed by atoms with van der Waals surface area (Å²) >= 11 is 0. The van der Waals surface area contributed by atoms with Crippen LogP contribution in [0.1, 0.15) is 11.1 Å². The number of rotatable bonds is 5. The summed E-state index contributed by atoms with van der Waals surface area (Å²) in [5.74, 6) is -1.22. The Morgan fingerprint density at radius 3 is 2.12 bits per heavy atom. The van der Waals surface area contributed by atoms with Crippen molar-refractivity contribution in [3.63, 3.8) is 0 Å². The fourth-order valence-electron chi connectivity index (χ4n) is 1.82. The second kappa shape index (κ2) is 9.87. The van der Waals surface area contributed by atoms with E-state index in [1.807, 2.05) is 30.3 Å². The molecule has 0 saturated carbocycles. The number of hydrazone groups is 1. The van der Waals surface area contributed by atoms with E-state index in [1.165, 1.54) is 7.05 Å². The fraction of sp³-hybridized carbons (Fsp3) is 0.118. The third-order valence-electron chi connectivity index (χ3n) is 2.97. The zero-order valence-electron chi connectivity index (χ0n) is 12.5. The summed E-state index contributed by atoms with van der Waals surface area (Å²) in [7, 11) is 1.35. The molecule has 1 amide bonds. The third-order valence-corrected chi connectivity index (χ3v) is 2.97. The van der Waals surface area contributed by atoms with E-state index in [0.717, 1.165) is 10.6 Å². The summed E-state index contributed by atoms with van der Waals surface area (Å²) in [5, 5.41) is 14.0. The summed E-state index contributed by atoms with van der Waals surface area (Å²) in [6.45, 7) is 0.0906. The fourth-order valence-corrected chi connectivity index (χ4v) is 1.82. The van der Waals surface area contributed by atoms with E-state index in [9.17, 15) is 14.7 Å². The average molecular weight is 336 g/mol. The van der Waals surface area contributed by atoms with Crippen LogP contribution in [0.25, 0.3) is 0 Å². The summed E-state index contributed by atoms with van der Waals surface area (Å²) in [6.07, 6.45) is -0.733. The van der Waals surface area contributed by atoms with Crippen molar-refractivity contribution in [1.29, 1.82) is 0 Å².